The van der Waals surface area contributed by atoms with Gasteiger partial charge in [0.25, 0.3) is 0 Å². The first-order valence-corrected chi connectivity index (χ1v) is 10.1. The summed E-state index contributed by atoms with van der Waals surface area (Å²) in [5.74, 6) is 0.121. The van der Waals surface area contributed by atoms with Crippen molar-refractivity contribution in [1.82, 2.24) is 15.0 Å². The summed E-state index contributed by atoms with van der Waals surface area (Å²) in [6.07, 6.45) is 6.81. The van der Waals surface area contributed by atoms with Gasteiger partial charge < -0.3 is 4.74 Å². The van der Waals surface area contributed by atoms with Crippen molar-refractivity contribution in [3.8, 4) is 0 Å². The third kappa shape index (κ3) is 4.57. The number of carbonyl (C=O) groups excluding carboxylic acids is 1. The monoisotopic (exact) mass is 369 g/mol. The van der Waals surface area contributed by atoms with Gasteiger partial charge in [-0.2, -0.15) is 0 Å². The van der Waals surface area contributed by atoms with Crippen molar-refractivity contribution in [2.24, 2.45) is 0 Å². The van der Waals surface area contributed by atoms with Crippen LogP contribution in [-0.4, -0.2) is 27.6 Å². The summed E-state index contributed by atoms with van der Waals surface area (Å²) in [4.78, 5) is 11.8. The highest BCUT2D eigenvalue weighted by Crippen LogP contribution is 2.32. The molecule has 146 valence electrons. The molecule has 27 heavy (non-hydrogen) atoms. The Morgan fingerprint density at radius 2 is 1.93 bits per heavy atom. The predicted octanol–water partition coefficient (Wildman–Crippen LogP) is 4.65. The molecule has 1 heterocycles. The number of carbonyl (C=O) groups is 1. The molecular formula is C22H31N3O2. The second-order valence-electron chi connectivity index (χ2n) is 8.42. The molecule has 0 saturated carbocycles. The van der Waals surface area contributed by atoms with Crippen molar-refractivity contribution in [3.63, 3.8) is 0 Å². The molecule has 5 nitrogen and oxygen atoms in total. The van der Waals surface area contributed by atoms with Crippen LogP contribution in [0.4, 0.5) is 0 Å². The largest absolute Gasteiger partial charge is 0.462 e. The maximum atomic E-state index is 11.8. The van der Waals surface area contributed by atoms with Gasteiger partial charge in [0.1, 0.15) is 0 Å². The first kappa shape index (κ1) is 19.6. The van der Waals surface area contributed by atoms with Gasteiger partial charge in [0.15, 0.2) is 0 Å². The molecule has 1 atom stereocenters. The van der Waals surface area contributed by atoms with Crippen LogP contribution in [0.5, 0.6) is 0 Å². The minimum atomic E-state index is -0.259. The van der Waals surface area contributed by atoms with Gasteiger partial charge in [0.2, 0.25) is 0 Å². The van der Waals surface area contributed by atoms with E-state index in [4.69, 9.17) is 4.74 Å². The molecular weight excluding hydrogens is 338 g/mol. The summed E-state index contributed by atoms with van der Waals surface area (Å²) in [5, 5.41) is 9.12. The second-order valence-corrected chi connectivity index (χ2v) is 8.42. The number of rotatable bonds is 4. The molecule has 0 radical (unpaired) electrons. The van der Waals surface area contributed by atoms with Crippen molar-refractivity contribution >= 4 is 5.97 Å². The van der Waals surface area contributed by atoms with Crippen LogP contribution in [0.25, 0.3) is 0 Å². The lowest BCUT2D eigenvalue weighted by Gasteiger charge is -2.24. The van der Waals surface area contributed by atoms with Crippen LogP contribution in [-0.2, 0) is 23.1 Å². The normalized spacial score (nSPS) is 17.7. The SMILES string of the molecule is CCOC(=O)c1ccc(CC2CCCCCc3c2nnn3C(C)(C)C)cc1. The Morgan fingerprint density at radius 3 is 2.59 bits per heavy atom. The highest BCUT2D eigenvalue weighted by atomic mass is 16.5. The molecule has 0 aliphatic heterocycles. The average Bonchev–Trinajstić information content (AvgIpc) is 3.02. The van der Waals surface area contributed by atoms with Gasteiger partial charge in [-0.1, -0.05) is 30.2 Å². The van der Waals surface area contributed by atoms with Crippen LogP contribution in [0, 0.1) is 0 Å². The van der Waals surface area contributed by atoms with E-state index in [2.05, 4.69) is 35.8 Å². The molecule has 1 aliphatic carbocycles. The molecule has 1 aliphatic rings. The maximum absolute atomic E-state index is 11.8. The van der Waals surface area contributed by atoms with Crippen molar-refractivity contribution in [3.05, 3.63) is 46.8 Å². The highest BCUT2D eigenvalue weighted by Gasteiger charge is 2.27. The van der Waals surface area contributed by atoms with Crippen LogP contribution in [0.1, 0.15) is 86.6 Å². The molecule has 0 N–H and O–H groups in total. The minimum Gasteiger partial charge on any atom is -0.462 e. The molecule has 1 unspecified atom stereocenters. The molecule has 1 aromatic heterocycles. The van der Waals surface area contributed by atoms with Gasteiger partial charge in [0, 0.05) is 5.92 Å². The van der Waals surface area contributed by atoms with Gasteiger partial charge in [-0.05, 0) is 71.1 Å². The zero-order valence-corrected chi connectivity index (χ0v) is 17.0. The van der Waals surface area contributed by atoms with Gasteiger partial charge in [-0.3, -0.25) is 0 Å². The number of fused-ring (bicyclic) bond motifs is 1. The Morgan fingerprint density at radius 1 is 1.19 bits per heavy atom. The zero-order valence-electron chi connectivity index (χ0n) is 17.0. The molecule has 0 saturated heterocycles. The predicted molar refractivity (Wildman–Crippen MR) is 106 cm³/mol. The topological polar surface area (TPSA) is 57.0 Å². The summed E-state index contributed by atoms with van der Waals surface area (Å²) in [6, 6.07) is 7.81. The quantitative estimate of drug-likeness (QED) is 0.736. The summed E-state index contributed by atoms with van der Waals surface area (Å²) < 4.78 is 7.18. The fourth-order valence-corrected chi connectivity index (χ4v) is 3.87. The van der Waals surface area contributed by atoms with E-state index in [1.165, 1.54) is 36.2 Å². The van der Waals surface area contributed by atoms with Gasteiger partial charge in [-0.15, -0.1) is 5.10 Å². The fourth-order valence-electron chi connectivity index (χ4n) is 3.87. The Bertz CT molecular complexity index is 772. The molecule has 2 aromatic rings. The first-order valence-electron chi connectivity index (χ1n) is 10.1. The van der Waals surface area contributed by atoms with E-state index in [0.29, 0.717) is 18.1 Å². The van der Waals surface area contributed by atoms with E-state index in [9.17, 15) is 4.79 Å². The lowest BCUT2D eigenvalue weighted by atomic mass is 9.86. The van der Waals surface area contributed by atoms with Crippen LogP contribution in [0.2, 0.25) is 0 Å². The summed E-state index contributed by atoms with van der Waals surface area (Å²) in [5.41, 5.74) is 4.25. The summed E-state index contributed by atoms with van der Waals surface area (Å²) in [7, 11) is 0. The van der Waals surface area contributed by atoms with E-state index in [1.807, 2.05) is 31.2 Å². The Labute approximate surface area is 162 Å². The molecule has 5 heteroatoms. The van der Waals surface area contributed by atoms with Gasteiger partial charge in [0.05, 0.1) is 29.1 Å². The molecule has 3 rings (SSSR count). The third-order valence-corrected chi connectivity index (χ3v) is 5.23. The number of ether oxygens (including phenoxy) is 1. The maximum Gasteiger partial charge on any atom is 0.338 e. The molecule has 0 amide bonds. The van der Waals surface area contributed by atoms with E-state index in [0.717, 1.165) is 19.3 Å². The second kappa shape index (κ2) is 8.24. The van der Waals surface area contributed by atoms with Gasteiger partial charge in [-0.25, -0.2) is 9.48 Å². The number of esters is 1. The van der Waals surface area contributed by atoms with Crippen molar-refractivity contribution in [1.29, 1.82) is 0 Å². The highest BCUT2D eigenvalue weighted by molar-refractivity contribution is 5.89. The van der Waals surface area contributed by atoms with E-state index >= 15 is 0 Å². The Balaban J connectivity index is 1.83. The molecule has 1 aromatic carbocycles. The zero-order chi connectivity index (χ0) is 19.4. The third-order valence-electron chi connectivity index (χ3n) is 5.23. The standard InChI is InChI=1S/C22H31N3O2/c1-5-27-21(26)17-13-11-16(12-14-17)15-18-9-7-6-8-10-19-20(18)23-24-25(19)22(2,3)4/h11-14,18H,5-10,15H2,1-4H3. The minimum absolute atomic E-state index is 0.0500. The van der Waals surface area contributed by atoms with Crippen molar-refractivity contribution < 1.29 is 9.53 Å². The number of benzene rings is 1. The van der Waals surface area contributed by atoms with E-state index in [1.54, 1.807) is 0 Å². The fraction of sp³-hybridized carbons (Fsp3) is 0.591. The molecule has 0 fully saturated rings. The number of hydrogen-bond donors (Lipinski definition) is 0. The lowest BCUT2D eigenvalue weighted by Crippen LogP contribution is -2.26. The van der Waals surface area contributed by atoms with Crippen LogP contribution in [0.3, 0.4) is 0 Å². The van der Waals surface area contributed by atoms with Crippen molar-refractivity contribution in [2.75, 3.05) is 6.61 Å². The van der Waals surface area contributed by atoms with E-state index < -0.39 is 0 Å². The Hall–Kier alpha value is -2.17. The molecule has 0 spiro atoms. The lowest BCUT2D eigenvalue weighted by molar-refractivity contribution is 0.0526. The average molecular weight is 370 g/mol. The number of hydrogen-bond acceptors (Lipinski definition) is 4. The van der Waals surface area contributed by atoms with Crippen molar-refractivity contribution in [2.45, 2.75) is 77.7 Å². The molecule has 0 bridgehead atoms. The van der Waals surface area contributed by atoms with Crippen LogP contribution >= 0.6 is 0 Å². The Kier molecular flexibility index (Phi) is 5.98. The van der Waals surface area contributed by atoms with E-state index in [-0.39, 0.29) is 11.5 Å². The van der Waals surface area contributed by atoms with Crippen LogP contribution < -0.4 is 0 Å². The van der Waals surface area contributed by atoms with Crippen LogP contribution in [0.15, 0.2) is 24.3 Å². The number of nitrogens with zero attached hydrogens (tertiary/aromatic N) is 3. The summed E-state index contributed by atoms with van der Waals surface area (Å²) >= 11 is 0. The summed E-state index contributed by atoms with van der Waals surface area (Å²) in [6.45, 7) is 8.77. The van der Waals surface area contributed by atoms with Gasteiger partial charge >= 0.3 is 5.97 Å². The number of aromatic nitrogens is 3. The first-order chi connectivity index (χ1) is 12.9. The smallest absolute Gasteiger partial charge is 0.338 e.